The van der Waals surface area contributed by atoms with Gasteiger partial charge in [0.1, 0.15) is 10.0 Å². The fourth-order valence-corrected chi connectivity index (χ4v) is 4.96. The van der Waals surface area contributed by atoms with Crippen molar-refractivity contribution in [2.24, 2.45) is 11.0 Å². The summed E-state index contributed by atoms with van der Waals surface area (Å²) in [5.41, 5.74) is 3.20. The Hall–Kier alpha value is -3.31. The SMILES string of the molecule is CCOC(=O)c1c(NC(=O)C(=O)N/N=C\c2ccc(Cl)c([N+](=O)[O-])c2)sc2c1CC[C@H](C)C2. The van der Waals surface area contributed by atoms with Crippen LogP contribution in [0.5, 0.6) is 0 Å². The molecule has 2 amide bonds. The number of hydrogen-bond acceptors (Lipinski definition) is 8. The van der Waals surface area contributed by atoms with Crippen LogP contribution in [-0.4, -0.2) is 35.5 Å². The van der Waals surface area contributed by atoms with Crippen molar-refractivity contribution >= 4 is 57.6 Å². The highest BCUT2D eigenvalue weighted by Gasteiger charge is 2.30. The van der Waals surface area contributed by atoms with Gasteiger partial charge in [0, 0.05) is 16.5 Å². The second kappa shape index (κ2) is 10.5. The van der Waals surface area contributed by atoms with E-state index in [2.05, 4.69) is 22.8 Å². The van der Waals surface area contributed by atoms with E-state index in [0.29, 0.717) is 23.5 Å². The summed E-state index contributed by atoms with van der Waals surface area (Å²) >= 11 is 7.02. The molecular formula is C21H21ClN4O6S. The third kappa shape index (κ3) is 5.74. The molecule has 0 unspecified atom stereocenters. The maximum absolute atomic E-state index is 12.5. The van der Waals surface area contributed by atoms with Gasteiger partial charge in [0.05, 0.1) is 23.3 Å². The van der Waals surface area contributed by atoms with Gasteiger partial charge in [0.15, 0.2) is 0 Å². The molecule has 0 aliphatic heterocycles. The summed E-state index contributed by atoms with van der Waals surface area (Å²) in [7, 11) is 0. The minimum atomic E-state index is -1.07. The number of ether oxygens (including phenoxy) is 1. The molecule has 174 valence electrons. The van der Waals surface area contributed by atoms with Crippen LogP contribution in [0.15, 0.2) is 23.3 Å². The van der Waals surface area contributed by atoms with Gasteiger partial charge in [-0.1, -0.05) is 24.6 Å². The molecule has 2 N–H and O–H groups in total. The molecular weight excluding hydrogens is 472 g/mol. The number of esters is 1. The van der Waals surface area contributed by atoms with Gasteiger partial charge in [-0.2, -0.15) is 5.10 Å². The number of carbonyl (C=O) groups is 3. The lowest BCUT2D eigenvalue weighted by Crippen LogP contribution is -2.32. The quantitative estimate of drug-likeness (QED) is 0.207. The van der Waals surface area contributed by atoms with Crippen molar-refractivity contribution in [3.8, 4) is 0 Å². The van der Waals surface area contributed by atoms with E-state index in [9.17, 15) is 24.5 Å². The third-order valence-electron chi connectivity index (χ3n) is 4.97. The summed E-state index contributed by atoms with van der Waals surface area (Å²) < 4.78 is 5.15. The van der Waals surface area contributed by atoms with Crippen molar-refractivity contribution in [2.75, 3.05) is 11.9 Å². The number of fused-ring (bicyclic) bond motifs is 1. The van der Waals surface area contributed by atoms with Gasteiger partial charge in [0.25, 0.3) is 5.69 Å². The molecule has 0 radical (unpaired) electrons. The van der Waals surface area contributed by atoms with E-state index in [-0.39, 0.29) is 22.3 Å². The molecule has 10 nitrogen and oxygen atoms in total. The molecule has 0 saturated heterocycles. The first-order valence-electron chi connectivity index (χ1n) is 10.1. The van der Waals surface area contributed by atoms with Crippen LogP contribution >= 0.6 is 22.9 Å². The lowest BCUT2D eigenvalue weighted by Gasteiger charge is -2.18. The molecule has 1 aromatic heterocycles. The summed E-state index contributed by atoms with van der Waals surface area (Å²) in [4.78, 5) is 48.4. The number of carbonyl (C=O) groups excluding carboxylic acids is 3. The predicted octanol–water partition coefficient (Wildman–Crippen LogP) is 3.70. The summed E-state index contributed by atoms with van der Waals surface area (Å²) in [5, 5.41) is 17.3. The molecule has 0 fully saturated rings. The van der Waals surface area contributed by atoms with Crippen LogP contribution in [-0.2, 0) is 27.2 Å². The van der Waals surface area contributed by atoms with Crippen LogP contribution < -0.4 is 10.7 Å². The predicted molar refractivity (Wildman–Crippen MR) is 124 cm³/mol. The summed E-state index contributed by atoms with van der Waals surface area (Å²) in [6.07, 6.45) is 3.54. The number of nitrogens with one attached hydrogen (secondary N) is 2. The number of hydrazone groups is 1. The van der Waals surface area contributed by atoms with E-state index in [1.165, 1.54) is 29.5 Å². The minimum Gasteiger partial charge on any atom is -0.462 e. The number of benzene rings is 1. The fourth-order valence-electron chi connectivity index (χ4n) is 3.38. The van der Waals surface area contributed by atoms with Gasteiger partial charge in [-0.05, 0) is 43.7 Å². The van der Waals surface area contributed by atoms with Gasteiger partial charge in [-0.3, -0.25) is 19.7 Å². The van der Waals surface area contributed by atoms with Gasteiger partial charge in [0.2, 0.25) is 0 Å². The number of nitro benzene ring substituents is 1. The van der Waals surface area contributed by atoms with E-state index in [0.717, 1.165) is 29.5 Å². The van der Waals surface area contributed by atoms with Crippen molar-refractivity contribution in [1.82, 2.24) is 5.43 Å². The van der Waals surface area contributed by atoms with Crippen LogP contribution in [0.25, 0.3) is 0 Å². The Morgan fingerprint density at radius 3 is 2.82 bits per heavy atom. The maximum atomic E-state index is 12.5. The van der Waals surface area contributed by atoms with Crippen molar-refractivity contribution in [3.05, 3.63) is 54.9 Å². The number of rotatable bonds is 6. The third-order valence-corrected chi connectivity index (χ3v) is 6.46. The largest absolute Gasteiger partial charge is 0.462 e. The summed E-state index contributed by atoms with van der Waals surface area (Å²) in [6.45, 7) is 3.99. The molecule has 0 saturated carbocycles. The molecule has 33 heavy (non-hydrogen) atoms. The zero-order chi connectivity index (χ0) is 24.1. The first-order chi connectivity index (χ1) is 15.7. The Labute approximate surface area is 198 Å². The van der Waals surface area contributed by atoms with Crippen LogP contribution in [0, 0.1) is 16.0 Å². The molecule has 1 aliphatic carbocycles. The van der Waals surface area contributed by atoms with E-state index in [1.54, 1.807) is 6.92 Å². The zero-order valence-electron chi connectivity index (χ0n) is 17.8. The number of hydrogen-bond donors (Lipinski definition) is 2. The number of nitrogens with zero attached hydrogens (tertiary/aromatic N) is 2. The number of amides is 2. The van der Waals surface area contributed by atoms with Gasteiger partial charge in [-0.15, -0.1) is 11.3 Å². The normalized spacial score (nSPS) is 15.1. The van der Waals surface area contributed by atoms with Crippen LogP contribution in [0.3, 0.4) is 0 Å². The standard InChI is InChI=1S/C21H21ClN4O6S/c1-3-32-21(29)17-13-6-4-11(2)8-16(13)33-20(17)24-18(27)19(28)25-23-10-12-5-7-14(22)15(9-12)26(30)31/h5,7,9-11H,3-4,6,8H2,1-2H3,(H,24,27)(H,25,28)/b23-10-/t11-/m0/s1. The van der Waals surface area contributed by atoms with Crippen molar-refractivity contribution in [2.45, 2.75) is 33.1 Å². The monoisotopic (exact) mass is 492 g/mol. The van der Waals surface area contributed by atoms with Crippen LogP contribution in [0.1, 0.15) is 46.6 Å². The Morgan fingerprint density at radius 1 is 1.36 bits per heavy atom. The molecule has 1 aliphatic rings. The molecule has 12 heteroatoms. The van der Waals surface area contributed by atoms with Gasteiger partial charge >= 0.3 is 17.8 Å². The summed E-state index contributed by atoms with van der Waals surface area (Å²) in [5.74, 6) is -2.16. The molecule has 3 rings (SSSR count). The molecule has 0 spiro atoms. The number of nitro groups is 1. The highest BCUT2D eigenvalue weighted by molar-refractivity contribution is 7.17. The van der Waals surface area contributed by atoms with Crippen molar-refractivity contribution in [3.63, 3.8) is 0 Å². The Balaban J connectivity index is 1.71. The maximum Gasteiger partial charge on any atom is 0.341 e. The van der Waals surface area contributed by atoms with Crippen molar-refractivity contribution < 1.29 is 24.0 Å². The average molecular weight is 493 g/mol. The molecule has 1 aromatic carbocycles. The van der Waals surface area contributed by atoms with E-state index in [4.69, 9.17) is 16.3 Å². The van der Waals surface area contributed by atoms with Gasteiger partial charge < -0.3 is 10.1 Å². The lowest BCUT2D eigenvalue weighted by molar-refractivity contribution is -0.384. The second-order valence-corrected chi connectivity index (χ2v) is 8.91. The minimum absolute atomic E-state index is 0.0361. The fraction of sp³-hybridized carbons (Fsp3) is 0.333. The zero-order valence-corrected chi connectivity index (χ0v) is 19.4. The van der Waals surface area contributed by atoms with E-state index in [1.807, 2.05) is 0 Å². The lowest BCUT2D eigenvalue weighted by atomic mass is 9.88. The second-order valence-electron chi connectivity index (χ2n) is 7.40. The number of halogens is 1. The smallest absolute Gasteiger partial charge is 0.341 e. The first kappa shape index (κ1) is 24.3. The molecule has 1 heterocycles. The van der Waals surface area contributed by atoms with E-state index >= 15 is 0 Å². The average Bonchev–Trinajstić information content (AvgIpc) is 3.11. The van der Waals surface area contributed by atoms with E-state index < -0.39 is 22.7 Å². The molecule has 2 aromatic rings. The number of thiophene rings is 1. The summed E-state index contributed by atoms with van der Waals surface area (Å²) in [6, 6.07) is 3.97. The van der Waals surface area contributed by atoms with Crippen molar-refractivity contribution in [1.29, 1.82) is 0 Å². The van der Waals surface area contributed by atoms with Crippen LogP contribution in [0.2, 0.25) is 5.02 Å². The first-order valence-corrected chi connectivity index (χ1v) is 11.3. The highest BCUT2D eigenvalue weighted by atomic mass is 35.5. The Bertz CT molecular complexity index is 1150. The Morgan fingerprint density at radius 2 is 2.12 bits per heavy atom. The molecule has 0 bridgehead atoms. The molecule has 1 atom stereocenters. The topological polar surface area (TPSA) is 140 Å². The van der Waals surface area contributed by atoms with Gasteiger partial charge in [-0.25, -0.2) is 10.2 Å². The number of anilines is 1. The highest BCUT2D eigenvalue weighted by Crippen LogP contribution is 2.40. The van der Waals surface area contributed by atoms with Crippen LogP contribution in [0.4, 0.5) is 10.7 Å². The Kier molecular flexibility index (Phi) is 7.77.